The molecule has 2 saturated heterocycles. The van der Waals surface area contributed by atoms with E-state index in [1.54, 1.807) is 0 Å². The topological polar surface area (TPSA) is 214 Å². The molecule has 0 saturated carbocycles. The number of hydrogen-bond donors (Lipinski definition) is 7. The second-order valence-corrected chi connectivity index (χ2v) is 21.1. The molecule has 0 amide bonds. The van der Waals surface area contributed by atoms with Gasteiger partial charge in [0.15, 0.2) is 12.6 Å². The van der Waals surface area contributed by atoms with Gasteiger partial charge in [0.2, 0.25) is 0 Å². The summed E-state index contributed by atoms with van der Waals surface area (Å²) in [5.74, 6) is -0.396. The number of esters is 1. The van der Waals surface area contributed by atoms with Crippen LogP contribution in [-0.4, -0.2) is 142 Å². The summed E-state index contributed by atoms with van der Waals surface area (Å²) >= 11 is 0. The Morgan fingerprint density at radius 3 is 1.30 bits per heavy atom. The molecule has 2 heterocycles. The van der Waals surface area contributed by atoms with Crippen LogP contribution in [0, 0.1) is 0 Å². The smallest absolute Gasteiger partial charge is 0.306 e. The second kappa shape index (κ2) is 50.6. The van der Waals surface area contributed by atoms with E-state index < -0.39 is 86.7 Å². The number of carbonyl (C=O) groups is 1. The van der Waals surface area contributed by atoms with E-state index in [1.807, 2.05) is 0 Å². The summed E-state index contributed by atoms with van der Waals surface area (Å²) < 4.78 is 34.4. The molecule has 0 radical (unpaired) electrons. The SMILES string of the molecule is CC/C=C\C/C=C\C/C=C\C/C=C\C/C=C\C/C=C\C/C=C\CCCCOCC(COC1OC(COC2OC(CO)C(O)C(O)C2O)C(O)C(O)C1O)OC(=O)CCCCCCCCCCC/C=C\CCCCCCCCCC. The van der Waals surface area contributed by atoms with Crippen LogP contribution in [0.5, 0.6) is 0 Å². The van der Waals surface area contributed by atoms with Crippen LogP contribution in [0.25, 0.3) is 0 Å². The van der Waals surface area contributed by atoms with Crippen molar-refractivity contribution in [2.24, 2.45) is 0 Å². The molecule has 7 N–H and O–H groups in total. The van der Waals surface area contributed by atoms with E-state index in [0.717, 1.165) is 83.5 Å². The van der Waals surface area contributed by atoms with Crippen LogP contribution in [0.2, 0.25) is 0 Å². The zero-order valence-electron chi connectivity index (χ0n) is 48.8. The molecule has 79 heavy (non-hydrogen) atoms. The Balaban J connectivity index is 1.73. The van der Waals surface area contributed by atoms with Gasteiger partial charge in [-0.2, -0.15) is 0 Å². The van der Waals surface area contributed by atoms with Crippen molar-refractivity contribution in [1.29, 1.82) is 0 Å². The van der Waals surface area contributed by atoms with Gasteiger partial charge >= 0.3 is 5.97 Å². The third kappa shape index (κ3) is 36.9. The zero-order chi connectivity index (χ0) is 57.2. The van der Waals surface area contributed by atoms with E-state index >= 15 is 0 Å². The molecule has 14 nitrogen and oxygen atoms in total. The van der Waals surface area contributed by atoms with Crippen molar-refractivity contribution < 1.29 is 69.0 Å². The minimum Gasteiger partial charge on any atom is -0.457 e. The minimum atomic E-state index is -1.72. The van der Waals surface area contributed by atoms with Crippen LogP contribution in [0.4, 0.5) is 0 Å². The number of aliphatic hydroxyl groups is 7. The first kappa shape index (κ1) is 72.0. The second-order valence-electron chi connectivity index (χ2n) is 21.1. The molecule has 11 atom stereocenters. The van der Waals surface area contributed by atoms with E-state index in [4.69, 9.17) is 28.4 Å². The molecule has 0 aromatic rings. The minimum absolute atomic E-state index is 0.0253. The van der Waals surface area contributed by atoms with E-state index in [2.05, 4.69) is 111 Å². The number of aliphatic hydroxyl groups excluding tert-OH is 7. The van der Waals surface area contributed by atoms with Gasteiger partial charge in [-0.1, -0.05) is 201 Å². The maximum absolute atomic E-state index is 13.1. The molecule has 2 aliphatic heterocycles. The van der Waals surface area contributed by atoms with Crippen molar-refractivity contribution in [3.05, 3.63) is 97.2 Å². The molecule has 454 valence electrons. The summed E-state index contributed by atoms with van der Waals surface area (Å²) in [4.78, 5) is 13.1. The zero-order valence-corrected chi connectivity index (χ0v) is 48.8. The van der Waals surface area contributed by atoms with Gasteiger partial charge in [0.1, 0.15) is 54.9 Å². The summed E-state index contributed by atoms with van der Waals surface area (Å²) in [6.45, 7) is 3.46. The fourth-order valence-electron chi connectivity index (χ4n) is 9.14. The van der Waals surface area contributed by atoms with E-state index in [-0.39, 0.29) is 19.6 Å². The van der Waals surface area contributed by atoms with Gasteiger partial charge in [-0.05, 0) is 96.3 Å². The molecule has 14 heteroatoms. The van der Waals surface area contributed by atoms with Crippen LogP contribution < -0.4 is 0 Å². The molecule has 0 aromatic carbocycles. The van der Waals surface area contributed by atoms with Gasteiger partial charge < -0.3 is 64.2 Å². The summed E-state index contributed by atoms with van der Waals surface area (Å²) in [6, 6.07) is 0. The number of allylic oxidation sites excluding steroid dienone is 16. The van der Waals surface area contributed by atoms with Crippen molar-refractivity contribution >= 4 is 5.97 Å². The Morgan fingerprint density at radius 1 is 0.430 bits per heavy atom. The highest BCUT2D eigenvalue weighted by Gasteiger charge is 2.47. The lowest BCUT2D eigenvalue weighted by Crippen LogP contribution is -2.61. The van der Waals surface area contributed by atoms with Crippen molar-refractivity contribution in [2.45, 2.75) is 274 Å². The van der Waals surface area contributed by atoms with Crippen molar-refractivity contribution in [2.75, 3.05) is 33.0 Å². The van der Waals surface area contributed by atoms with Crippen LogP contribution in [0.3, 0.4) is 0 Å². The van der Waals surface area contributed by atoms with E-state index in [1.165, 1.54) is 96.3 Å². The van der Waals surface area contributed by atoms with Gasteiger partial charge in [-0.15, -0.1) is 0 Å². The maximum atomic E-state index is 13.1. The Hall–Kier alpha value is -3.09. The predicted molar refractivity (Wildman–Crippen MR) is 316 cm³/mol. The molecule has 0 aliphatic carbocycles. The average Bonchev–Trinajstić information content (AvgIpc) is 3.46. The van der Waals surface area contributed by atoms with Crippen molar-refractivity contribution in [1.82, 2.24) is 0 Å². The largest absolute Gasteiger partial charge is 0.457 e. The molecule has 2 rings (SSSR count). The molecule has 0 bridgehead atoms. The first-order valence-electron chi connectivity index (χ1n) is 30.8. The Morgan fingerprint density at radius 2 is 0.823 bits per heavy atom. The summed E-state index contributed by atoms with van der Waals surface area (Å²) in [5.41, 5.74) is 0. The number of hydrogen-bond acceptors (Lipinski definition) is 14. The van der Waals surface area contributed by atoms with E-state index in [9.17, 15) is 40.5 Å². The van der Waals surface area contributed by atoms with Gasteiger partial charge in [0.05, 0.1) is 26.4 Å². The number of carbonyl (C=O) groups excluding carboxylic acids is 1. The molecule has 0 spiro atoms. The van der Waals surface area contributed by atoms with Gasteiger partial charge in [0, 0.05) is 13.0 Å². The molecular weight excluding hydrogens is 1000 g/mol. The molecular formula is C65H110O14. The fourth-order valence-corrected chi connectivity index (χ4v) is 9.14. The Bertz CT molecular complexity index is 1670. The van der Waals surface area contributed by atoms with Crippen molar-refractivity contribution in [3.8, 4) is 0 Å². The van der Waals surface area contributed by atoms with E-state index in [0.29, 0.717) is 13.0 Å². The molecule has 0 aromatic heterocycles. The third-order valence-electron chi connectivity index (χ3n) is 14.1. The normalized spacial score (nSPS) is 24.7. The number of ether oxygens (including phenoxy) is 6. The first-order valence-corrected chi connectivity index (χ1v) is 30.8. The summed E-state index contributed by atoms with van der Waals surface area (Å²) in [7, 11) is 0. The Kier molecular flexibility index (Phi) is 46.1. The molecule has 2 fully saturated rings. The van der Waals surface area contributed by atoms with Gasteiger partial charge in [0.25, 0.3) is 0 Å². The highest BCUT2D eigenvalue weighted by atomic mass is 16.7. The van der Waals surface area contributed by atoms with Crippen LogP contribution >= 0.6 is 0 Å². The fraction of sp³-hybridized carbons (Fsp3) is 0.738. The van der Waals surface area contributed by atoms with Crippen LogP contribution in [-0.2, 0) is 33.2 Å². The Labute approximate surface area is 477 Å². The van der Waals surface area contributed by atoms with Crippen molar-refractivity contribution in [3.63, 3.8) is 0 Å². The van der Waals surface area contributed by atoms with Gasteiger partial charge in [-0.25, -0.2) is 0 Å². The third-order valence-corrected chi connectivity index (χ3v) is 14.1. The molecule has 2 aliphatic rings. The lowest BCUT2D eigenvalue weighted by molar-refractivity contribution is -0.332. The van der Waals surface area contributed by atoms with Crippen LogP contribution in [0.1, 0.15) is 206 Å². The quantitative estimate of drug-likeness (QED) is 0.0172. The lowest BCUT2D eigenvalue weighted by Gasteiger charge is -2.42. The number of unbranched alkanes of at least 4 members (excludes halogenated alkanes) is 19. The van der Waals surface area contributed by atoms with Crippen LogP contribution in [0.15, 0.2) is 97.2 Å². The standard InChI is InChI=1S/C65H110O14/c1-3-5-7-9-11-13-15-17-19-21-23-25-26-27-29-31-33-35-37-39-41-43-45-47-49-74-51-54(52-75-64-63(73)61(71)59(69)56(79-64)53-76-65-62(72)60(70)58(68)55(50-66)78-65)77-57(67)48-46-44-42-40-38-36-34-32-30-28-24-22-20-18-16-14-12-10-8-6-4-2/h5,7,11,13,17,19,22-25,27,29,33,35,39,41,54-56,58-66,68-73H,3-4,6,8-10,12,14-16,18,20-21,26,28,30-32,34,36-38,40,42-53H2,1-2H3/b7-5-,13-11-,19-17-,24-22-,25-23-,29-27-,35-33-,41-39-. The monoisotopic (exact) mass is 1110 g/mol. The number of rotatable bonds is 49. The predicted octanol–water partition coefficient (Wildman–Crippen LogP) is 11.7. The summed E-state index contributed by atoms with van der Waals surface area (Å²) in [5, 5.41) is 72.4. The van der Waals surface area contributed by atoms with Gasteiger partial charge in [-0.3, -0.25) is 4.79 Å². The first-order chi connectivity index (χ1) is 38.6. The highest BCUT2D eigenvalue weighted by Crippen LogP contribution is 2.27. The molecule has 11 unspecified atom stereocenters. The highest BCUT2D eigenvalue weighted by molar-refractivity contribution is 5.69. The lowest BCUT2D eigenvalue weighted by atomic mass is 9.98. The average molecular weight is 1120 g/mol. The maximum Gasteiger partial charge on any atom is 0.306 e. The summed E-state index contributed by atoms with van der Waals surface area (Å²) in [6.07, 6.45) is 51.9.